The fourth-order valence-electron chi connectivity index (χ4n) is 3.05. The van der Waals surface area contributed by atoms with Gasteiger partial charge in [-0.1, -0.05) is 42.5 Å². The number of ether oxygens (including phenoxy) is 2. The predicted octanol–water partition coefficient (Wildman–Crippen LogP) is 2.90. The summed E-state index contributed by atoms with van der Waals surface area (Å²) in [7, 11) is 1.34. The molecule has 2 aromatic rings. The van der Waals surface area contributed by atoms with Gasteiger partial charge in [-0.2, -0.15) is 0 Å². The Kier molecular flexibility index (Phi) is 5.33. The zero-order valence-electron chi connectivity index (χ0n) is 14.2. The number of likely N-dealkylation sites (tertiary alicyclic amines) is 1. The summed E-state index contributed by atoms with van der Waals surface area (Å²) < 4.78 is 10.3. The fraction of sp³-hybridized carbons (Fsp3) is 0.300. The van der Waals surface area contributed by atoms with Crippen molar-refractivity contribution in [3.8, 4) is 16.9 Å². The molecule has 1 fully saturated rings. The highest BCUT2D eigenvalue weighted by Gasteiger charge is 2.34. The van der Waals surface area contributed by atoms with Crippen LogP contribution in [-0.4, -0.2) is 43.1 Å². The Morgan fingerprint density at radius 2 is 1.72 bits per heavy atom. The topological polar surface area (TPSA) is 55.8 Å². The van der Waals surface area contributed by atoms with Crippen molar-refractivity contribution >= 4 is 11.9 Å². The summed E-state index contributed by atoms with van der Waals surface area (Å²) in [5, 5.41) is 0. The van der Waals surface area contributed by atoms with Gasteiger partial charge in [0.05, 0.1) is 7.11 Å². The van der Waals surface area contributed by atoms with E-state index in [0.29, 0.717) is 18.7 Å². The molecule has 0 N–H and O–H groups in total. The Morgan fingerprint density at radius 3 is 2.40 bits per heavy atom. The summed E-state index contributed by atoms with van der Waals surface area (Å²) in [5.74, 6) is 0.0694. The predicted molar refractivity (Wildman–Crippen MR) is 94.1 cm³/mol. The van der Waals surface area contributed by atoms with E-state index in [4.69, 9.17) is 9.47 Å². The van der Waals surface area contributed by atoms with Gasteiger partial charge in [0.15, 0.2) is 6.61 Å². The molecule has 1 heterocycles. The summed E-state index contributed by atoms with van der Waals surface area (Å²) in [6.07, 6.45) is 1.45. The van der Waals surface area contributed by atoms with E-state index in [0.717, 1.165) is 17.5 Å². The largest absolute Gasteiger partial charge is 0.484 e. The SMILES string of the molecule is COC(=O)C1CCCN1C(=O)COc1ccc(-c2ccccc2)cc1. The van der Waals surface area contributed by atoms with Crippen LogP contribution in [0.15, 0.2) is 54.6 Å². The zero-order chi connectivity index (χ0) is 17.6. The number of rotatable bonds is 5. The summed E-state index contributed by atoms with van der Waals surface area (Å²) in [6.45, 7) is 0.479. The maximum absolute atomic E-state index is 12.3. The Hall–Kier alpha value is -2.82. The number of esters is 1. The molecule has 0 aliphatic carbocycles. The van der Waals surface area contributed by atoms with Crippen LogP contribution < -0.4 is 4.74 Å². The van der Waals surface area contributed by atoms with E-state index >= 15 is 0 Å². The van der Waals surface area contributed by atoms with Gasteiger partial charge in [0.25, 0.3) is 5.91 Å². The van der Waals surface area contributed by atoms with Gasteiger partial charge in [0.2, 0.25) is 0 Å². The number of hydrogen-bond acceptors (Lipinski definition) is 4. The molecule has 1 aliphatic heterocycles. The molecular formula is C20H21NO4. The van der Waals surface area contributed by atoms with Gasteiger partial charge in [-0.3, -0.25) is 4.79 Å². The zero-order valence-corrected chi connectivity index (χ0v) is 14.2. The second-order valence-electron chi connectivity index (χ2n) is 5.95. The quantitative estimate of drug-likeness (QED) is 0.786. The molecule has 1 atom stereocenters. The molecule has 1 amide bonds. The average molecular weight is 339 g/mol. The number of benzene rings is 2. The number of carbonyl (C=O) groups excluding carboxylic acids is 2. The molecule has 0 radical (unpaired) electrons. The third-order valence-electron chi connectivity index (χ3n) is 4.37. The molecule has 3 rings (SSSR count). The molecular weight excluding hydrogens is 318 g/mol. The van der Waals surface area contributed by atoms with Crippen molar-refractivity contribution in [2.24, 2.45) is 0 Å². The van der Waals surface area contributed by atoms with E-state index in [-0.39, 0.29) is 18.5 Å². The molecule has 1 unspecified atom stereocenters. The monoisotopic (exact) mass is 339 g/mol. The van der Waals surface area contributed by atoms with Crippen LogP contribution in [0.2, 0.25) is 0 Å². The van der Waals surface area contributed by atoms with E-state index in [9.17, 15) is 9.59 Å². The number of nitrogens with zero attached hydrogens (tertiary/aromatic N) is 1. The van der Waals surface area contributed by atoms with Gasteiger partial charge in [0, 0.05) is 6.54 Å². The lowest BCUT2D eigenvalue weighted by atomic mass is 10.1. The lowest BCUT2D eigenvalue weighted by molar-refractivity contribution is -0.151. The summed E-state index contributed by atoms with van der Waals surface area (Å²) in [6, 6.07) is 17.2. The first kappa shape index (κ1) is 17.0. The number of methoxy groups -OCH3 is 1. The normalized spacial score (nSPS) is 16.5. The van der Waals surface area contributed by atoms with Crippen LogP contribution in [0.4, 0.5) is 0 Å². The summed E-state index contributed by atoms with van der Waals surface area (Å²) in [5.41, 5.74) is 2.22. The van der Waals surface area contributed by atoms with Gasteiger partial charge in [-0.25, -0.2) is 4.79 Å². The van der Waals surface area contributed by atoms with E-state index in [1.54, 1.807) is 4.90 Å². The van der Waals surface area contributed by atoms with Gasteiger partial charge in [0.1, 0.15) is 11.8 Å². The van der Waals surface area contributed by atoms with Crippen LogP contribution in [0.5, 0.6) is 5.75 Å². The first-order chi connectivity index (χ1) is 12.2. The molecule has 130 valence electrons. The van der Waals surface area contributed by atoms with E-state index in [1.165, 1.54) is 7.11 Å². The molecule has 5 heteroatoms. The highest BCUT2D eigenvalue weighted by atomic mass is 16.5. The van der Waals surface area contributed by atoms with Crippen LogP contribution in [0.25, 0.3) is 11.1 Å². The summed E-state index contributed by atoms with van der Waals surface area (Å²) in [4.78, 5) is 25.6. The minimum absolute atomic E-state index is 0.0851. The lowest BCUT2D eigenvalue weighted by Crippen LogP contribution is -2.43. The third-order valence-corrected chi connectivity index (χ3v) is 4.37. The smallest absolute Gasteiger partial charge is 0.328 e. The van der Waals surface area contributed by atoms with Crippen molar-refractivity contribution in [1.82, 2.24) is 4.90 Å². The van der Waals surface area contributed by atoms with Crippen LogP contribution in [-0.2, 0) is 14.3 Å². The average Bonchev–Trinajstić information content (AvgIpc) is 3.16. The standard InChI is InChI=1S/C20H21NO4/c1-24-20(23)18-8-5-13-21(18)19(22)14-25-17-11-9-16(10-12-17)15-6-3-2-4-7-15/h2-4,6-7,9-12,18H,5,8,13-14H2,1H3. The Bertz CT molecular complexity index is 727. The molecule has 2 aromatic carbocycles. The minimum atomic E-state index is -0.485. The van der Waals surface area contributed by atoms with E-state index in [1.807, 2.05) is 54.6 Å². The number of amides is 1. The minimum Gasteiger partial charge on any atom is -0.484 e. The van der Waals surface area contributed by atoms with E-state index in [2.05, 4.69) is 0 Å². The van der Waals surface area contributed by atoms with Crippen LogP contribution in [0.3, 0.4) is 0 Å². The van der Waals surface area contributed by atoms with Crippen molar-refractivity contribution in [3.05, 3.63) is 54.6 Å². The molecule has 0 spiro atoms. The first-order valence-electron chi connectivity index (χ1n) is 8.34. The van der Waals surface area contributed by atoms with Crippen molar-refractivity contribution in [2.45, 2.75) is 18.9 Å². The van der Waals surface area contributed by atoms with Crippen LogP contribution in [0.1, 0.15) is 12.8 Å². The van der Waals surface area contributed by atoms with Crippen molar-refractivity contribution in [1.29, 1.82) is 0 Å². The molecule has 0 bridgehead atoms. The highest BCUT2D eigenvalue weighted by molar-refractivity contribution is 5.86. The lowest BCUT2D eigenvalue weighted by Gasteiger charge is -2.22. The number of carbonyl (C=O) groups is 2. The highest BCUT2D eigenvalue weighted by Crippen LogP contribution is 2.23. The van der Waals surface area contributed by atoms with Gasteiger partial charge < -0.3 is 14.4 Å². The maximum Gasteiger partial charge on any atom is 0.328 e. The van der Waals surface area contributed by atoms with Crippen molar-refractivity contribution < 1.29 is 19.1 Å². The third kappa shape index (κ3) is 3.99. The van der Waals surface area contributed by atoms with Crippen LogP contribution >= 0.6 is 0 Å². The maximum atomic E-state index is 12.3. The fourth-order valence-corrected chi connectivity index (χ4v) is 3.05. The van der Waals surface area contributed by atoms with Gasteiger partial charge in [-0.05, 0) is 36.1 Å². The van der Waals surface area contributed by atoms with Crippen LogP contribution in [0, 0.1) is 0 Å². The molecule has 1 aliphatic rings. The second-order valence-corrected chi connectivity index (χ2v) is 5.95. The Morgan fingerprint density at radius 1 is 1.04 bits per heavy atom. The molecule has 0 saturated carbocycles. The molecule has 0 aromatic heterocycles. The van der Waals surface area contributed by atoms with Crippen molar-refractivity contribution in [3.63, 3.8) is 0 Å². The first-order valence-corrected chi connectivity index (χ1v) is 8.34. The number of hydrogen-bond donors (Lipinski definition) is 0. The summed E-state index contributed by atoms with van der Waals surface area (Å²) >= 11 is 0. The molecule has 1 saturated heterocycles. The Balaban J connectivity index is 1.58. The molecule has 25 heavy (non-hydrogen) atoms. The Labute approximate surface area is 147 Å². The van der Waals surface area contributed by atoms with Gasteiger partial charge in [-0.15, -0.1) is 0 Å². The van der Waals surface area contributed by atoms with E-state index < -0.39 is 6.04 Å². The van der Waals surface area contributed by atoms with Crippen molar-refractivity contribution in [2.75, 3.05) is 20.3 Å². The molecule has 5 nitrogen and oxygen atoms in total. The second kappa shape index (κ2) is 7.83. The van der Waals surface area contributed by atoms with Gasteiger partial charge >= 0.3 is 5.97 Å².